The first-order chi connectivity index (χ1) is 7.58. The molecule has 1 aromatic carbocycles. The van der Waals surface area contributed by atoms with Crippen LogP contribution < -0.4 is 0 Å². The lowest BCUT2D eigenvalue weighted by atomic mass is 10.2. The predicted molar refractivity (Wildman–Crippen MR) is 63.8 cm³/mol. The second-order valence-corrected chi connectivity index (χ2v) is 5.17. The first-order valence-electron chi connectivity index (χ1n) is 5.28. The maximum atomic E-state index is 13.5. The topological polar surface area (TPSA) is 20.3 Å². The van der Waals surface area contributed by atoms with Crippen LogP contribution in [0.1, 0.15) is 23.2 Å². The number of hydrogen-bond acceptors (Lipinski definition) is 1. The molecule has 4 heteroatoms. The first kappa shape index (κ1) is 11.6. The number of halogens is 2. The van der Waals surface area contributed by atoms with Crippen LogP contribution in [0.15, 0.2) is 22.7 Å². The number of amides is 1. The van der Waals surface area contributed by atoms with Crippen molar-refractivity contribution < 1.29 is 9.18 Å². The van der Waals surface area contributed by atoms with E-state index in [1.165, 1.54) is 25.0 Å². The molecule has 0 aliphatic heterocycles. The van der Waals surface area contributed by atoms with Crippen molar-refractivity contribution in [2.24, 2.45) is 5.92 Å². The second kappa shape index (κ2) is 4.53. The molecule has 0 unspecified atom stereocenters. The number of rotatable bonds is 3. The van der Waals surface area contributed by atoms with Gasteiger partial charge in [-0.1, -0.05) is 15.9 Å². The zero-order chi connectivity index (χ0) is 11.7. The molecule has 16 heavy (non-hydrogen) atoms. The van der Waals surface area contributed by atoms with Gasteiger partial charge in [-0.15, -0.1) is 0 Å². The molecule has 86 valence electrons. The minimum absolute atomic E-state index is 0.145. The number of carbonyl (C=O) groups excluding carboxylic acids is 1. The average molecular weight is 286 g/mol. The Morgan fingerprint density at radius 2 is 2.25 bits per heavy atom. The van der Waals surface area contributed by atoms with E-state index < -0.39 is 5.82 Å². The Hall–Kier alpha value is -0.900. The summed E-state index contributed by atoms with van der Waals surface area (Å²) in [5.74, 6) is -0.0913. The Labute approximate surface area is 103 Å². The van der Waals surface area contributed by atoms with Crippen molar-refractivity contribution in [2.45, 2.75) is 12.8 Å². The highest BCUT2D eigenvalue weighted by Gasteiger charge is 2.26. The Balaban J connectivity index is 2.12. The molecular weight excluding hydrogens is 273 g/mol. The summed E-state index contributed by atoms with van der Waals surface area (Å²) in [6.45, 7) is 0.730. The van der Waals surface area contributed by atoms with Crippen molar-refractivity contribution in [2.75, 3.05) is 13.6 Å². The third-order valence-electron chi connectivity index (χ3n) is 2.74. The molecular formula is C12H13BrFNO. The summed E-state index contributed by atoms with van der Waals surface area (Å²) in [7, 11) is 1.72. The first-order valence-corrected chi connectivity index (χ1v) is 6.07. The molecule has 0 spiro atoms. The summed E-state index contributed by atoms with van der Waals surface area (Å²) in [4.78, 5) is 13.5. The smallest absolute Gasteiger partial charge is 0.256 e. The van der Waals surface area contributed by atoms with Gasteiger partial charge in [-0.05, 0) is 37.0 Å². The van der Waals surface area contributed by atoms with Crippen LogP contribution in [0.5, 0.6) is 0 Å². The third-order valence-corrected chi connectivity index (χ3v) is 3.23. The van der Waals surface area contributed by atoms with E-state index in [1.54, 1.807) is 18.0 Å². The SMILES string of the molecule is CN(CC1CC1)C(=O)c1ccc(Br)cc1F. The molecule has 0 radical (unpaired) electrons. The standard InChI is InChI=1S/C12H13BrFNO/c1-15(7-8-2-3-8)12(16)10-5-4-9(13)6-11(10)14/h4-6,8H,2-3,7H2,1H3. The van der Waals surface area contributed by atoms with Gasteiger partial charge in [0.25, 0.3) is 5.91 Å². The van der Waals surface area contributed by atoms with Crippen LogP contribution in [0.2, 0.25) is 0 Å². The van der Waals surface area contributed by atoms with Gasteiger partial charge in [0, 0.05) is 18.1 Å². The van der Waals surface area contributed by atoms with E-state index in [9.17, 15) is 9.18 Å². The van der Waals surface area contributed by atoms with Gasteiger partial charge in [-0.25, -0.2) is 4.39 Å². The number of nitrogens with zero attached hydrogens (tertiary/aromatic N) is 1. The fourth-order valence-corrected chi connectivity index (χ4v) is 1.97. The zero-order valence-electron chi connectivity index (χ0n) is 9.04. The second-order valence-electron chi connectivity index (χ2n) is 4.25. The fourth-order valence-electron chi connectivity index (χ4n) is 1.64. The van der Waals surface area contributed by atoms with Gasteiger partial charge < -0.3 is 4.90 Å². The van der Waals surface area contributed by atoms with Crippen LogP contribution in [-0.4, -0.2) is 24.4 Å². The van der Waals surface area contributed by atoms with Gasteiger partial charge >= 0.3 is 0 Å². The molecule has 0 saturated heterocycles. The van der Waals surface area contributed by atoms with Crippen molar-refractivity contribution >= 4 is 21.8 Å². The summed E-state index contributed by atoms with van der Waals surface area (Å²) in [5.41, 5.74) is 0.145. The molecule has 0 bridgehead atoms. The molecule has 1 saturated carbocycles. The van der Waals surface area contributed by atoms with Crippen molar-refractivity contribution in [1.82, 2.24) is 4.90 Å². The maximum absolute atomic E-state index is 13.5. The molecule has 1 aromatic rings. The normalized spacial score (nSPS) is 14.9. The van der Waals surface area contributed by atoms with Crippen molar-refractivity contribution in [3.05, 3.63) is 34.1 Å². The summed E-state index contributed by atoms with van der Waals surface area (Å²) in [6, 6.07) is 4.52. The minimum Gasteiger partial charge on any atom is -0.341 e. The Morgan fingerprint density at radius 3 is 2.81 bits per heavy atom. The lowest BCUT2D eigenvalue weighted by Gasteiger charge is -2.17. The van der Waals surface area contributed by atoms with Gasteiger partial charge in [0.05, 0.1) is 5.56 Å². The summed E-state index contributed by atoms with van der Waals surface area (Å²) in [6.07, 6.45) is 2.36. The van der Waals surface area contributed by atoms with Gasteiger partial charge in [0.2, 0.25) is 0 Å². The highest BCUT2D eigenvalue weighted by atomic mass is 79.9. The molecule has 0 heterocycles. The van der Waals surface area contributed by atoms with Crippen molar-refractivity contribution in [1.29, 1.82) is 0 Å². The van der Waals surface area contributed by atoms with E-state index in [2.05, 4.69) is 15.9 Å². The molecule has 1 amide bonds. The third kappa shape index (κ3) is 2.61. The Kier molecular flexibility index (Phi) is 3.28. The quantitative estimate of drug-likeness (QED) is 0.836. The summed E-state index contributed by atoms with van der Waals surface area (Å²) < 4.78 is 14.2. The Bertz CT molecular complexity index is 417. The molecule has 2 rings (SSSR count). The summed E-state index contributed by atoms with van der Waals surface area (Å²) in [5, 5.41) is 0. The highest BCUT2D eigenvalue weighted by molar-refractivity contribution is 9.10. The molecule has 2 nitrogen and oxygen atoms in total. The van der Waals surface area contributed by atoms with Crippen LogP contribution in [0.25, 0.3) is 0 Å². The van der Waals surface area contributed by atoms with Gasteiger partial charge in [0.15, 0.2) is 0 Å². The van der Waals surface area contributed by atoms with Gasteiger partial charge in [-0.3, -0.25) is 4.79 Å². The van der Waals surface area contributed by atoms with E-state index >= 15 is 0 Å². The molecule has 1 aliphatic carbocycles. The maximum Gasteiger partial charge on any atom is 0.256 e. The zero-order valence-corrected chi connectivity index (χ0v) is 10.6. The van der Waals surface area contributed by atoms with E-state index in [4.69, 9.17) is 0 Å². The van der Waals surface area contributed by atoms with Crippen LogP contribution >= 0.6 is 15.9 Å². The van der Waals surface area contributed by atoms with Gasteiger partial charge in [0.1, 0.15) is 5.82 Å². The fraction of sp³-hybridized carbons (Fsp3) is 0.417. The number of benzene rings is 1. The lowest BCUT2D eigenvalue weighted by Crippen LogP contribution is -2.29. The summed E-state index contributed by atoms with van der Waals surface area (Å²) >= 11 is 3.17. The highest BCUT2D eigenvalue weighted by Crippen LogP contribution is 2.29. The Morgan fingerprint density at radius 1 is 1.56 bits per heavy atom. The van der Waals surface area contributed by atoms with Crippen molar-refractivity contribution in [3.8, 4) is 0 Å². The van der Waals surface area contributed by atoms with Crippen molar-refractivity contribution in [3.63, 3.8) is 0 Å². The average Bonchev–Trinajstić information content (AvgIpc) is 3.00. The molecule has 0 aromatic heterocycles. The lowest BCUT2D eigenvalue weighted by molar-refractivity contribution is 0.0784. The number of carbonyl (C=O) groups is 1. The largest absolute Gasteiger partial charge is 0.341 e. The number of hydrogen-bond donors (Lipinski definition) is 0. The van der Waals surface area contributed by atoms with Crippen LogP contribution in [0.3, 0.4) is 0 Å². The van der Waals surface area contributed by atoms with Crippen LogP contribution in [0, 0.1) is 11.7 Å². The monoisotopic (exact) mass is 285 g/mol. The predicted octanol–water partition coefficient (Wildman–Crippen LogP) is 3.07. The van der Waals surface area contributed by atoms with Crippen LogP contribution in [0.4, 0.5) is 4.39 Å². The van der Waals surface area contributed by atoms with E-state index in [-0.39, 0.29) is 11.5 Å². The molecule has 1 fully saturated rings. The minimum atomic E-state index is -0.470. The van der Waals surface area contributed by atoms with Gasteiger partial charge in [-0.2, -0.15) is 0 Å². The molecule has 0 atom stereocenters. The van der Waals surface area contributed by atoms with E-state index in [1.807, 2.05) is 0 Å². The molecule has 0 N–H and O–H groups in total. The van der Waals surface area contributed by atoms with E-state index in [0.29, 0.717) is 10.4 Å². The molecule has 1 aliphatic rings. The van der Waals surface area contributed by atoms with E-state index in [0.717, 1.165) is 6.54 Å². The van der Waals surface area contributed by atoms with Crippen LogP contribution in [-0.2, 0) is 0 Å².